The van der Waals surface area contributed by atoms with Gasteiger partial charge in [-0.05, 0) is 42.5 Å². The summed E-state index contributed by atoms with van der Waals surface area (Å²) in [6, 6.07) is 19.4. The number of anilines is 2. The van der Waals surface area contributed by atoms with Crippen LogP contribution in [-0.2, 0) is 20.5 Å². The van der Waals surface area contributed by atoms with Crippen molar-refractivity contribution in [1.82, 2.24) is 0 Å². The minimum absolute atomic E-state index is 0.0658. The minimum atomic E-state index is -4.59. The number of halogens is 3. The third-order valence-corrected chi connectivity index (χ3v) is 4.67. The Morgan fingerprint density at radius 2 is 1.57 bits per heavy atom. The van der Waals surface area contributed by atoms with E-state index in [0.29, 0.717) is 11.3 Å². The van der Waals surface area contributed by atoms with E-state index in [4.69, 9.17) is 10.00 Å². The fourth-order valence-corrected chi connectivity index (χ4v) is 3.02. The molecule has 10 heteroatoms. The molecule has 0 bridgehead atoms. The average molecular weight is 481 g/mol. The number of hydrogen-bond donors (Lipinski definition) is 2. The predicted molar refractivity (Wildman–Crippen MR) is 120 cm³/mol. The molecule has 3 aromatic carbocycles. The molecule has 0 aliphatic carbocycles. The Bertz CT molecular complexity index is 1250. The van der Waals surface area contributed by atoms with Crippen molar-refractivity contribution in [1.29, 1.82) is 5.26 Å². The number of rotatable bonds is 7. The fourth-order valence-electron chi connectivity index (χ4n) is 3.02. The molecular weight excluding hydrogens is 463 g/mol. The number of ether oxygens (including phenoxy) is 1. The Morgan fingerprint density at radius 3 is 2.20 bits per heavy atom. The summed E-state index contributed by atoms with van der Waals surface area (Å²) in [6.45, 7) is 0. The molecule has 0 aliphatic rings. The zero-order valence-corrected chi connectivity index (χ0v) is 18.0. The van der Waals surface area contributed by atoms with Gasteiger partial charge in [-0.2, -0.15) is 18.4 Å². The van der Waals surface area contributed by atoms with Crippen molar-refractivity contribution in [3.8, 4) is 6.07 Å². The van der Waals surface area contributed by atoms with Gasteiger partial charge in [0.15, 0.2) is 0 Å². The van der Waals surface area contributed by atoms with Gasteiger partial charge >= 0.3 is 12.1 Å². The van der Waals surface area contributed by atoms with Crippen LogP contribution in [0.3, 0.4) is 0 Å². The summed E-state index contributed by atoms with van der Waals surface area (Å²) in [5.41, 5.74) is -0.324. The number of esters is 1. The van der Waals surface area contributed by atoms with Gasteiger partial charge in [0.05, 0.1) is 17.2 Å². The Kier molecular flexibility index (Phi) is 7.84. The van der Waals surface area contributed by atoms with Gasteiger partial charge in [-0.1, -0.05) is 36.4 Å². The van der Waals surface area contributed by atoms with E-state index in [1.807, 2.05) is 0 Å². The summed E-state index contributed by atoms with van der Waals surface area (Å²) >= 11 is 0. The summed E-state index contributed by atoms with van der Waals surface area (Å²) in [7, 11) is 0. The lowest BCUT2D eigenvalue weighted by molar-refractivity contribution is -0.137. The molecule has 1 atom stereocenters. The average Bonchev–Trinajstić information content (AvgIpc) is 2.83. The molecule has 3 aromatic rings. The smallest absolute Gasteiger partial charge is 0.416 e. The van der Waals surface area contributed by atoms with Gasteiger partial charge in [-0.3, -0.25) is 9.59 Å². The van der Waals surface area contributed by atoms with Gasteiger partial charge in [0, 0.05) is 16.9 Å². The highest BCUT2D eigenvalue weighted by Crippen LogP contribution is 2.31. The molecule has 0 saturated heterocycles. The first kappa shape index (κ1) is 25.0. The van der Waals surface area contributed by atoms with Gasteiger partial charge in [-0.25, -0.2) is 4.79 Å². The second-order valence-corrected chi connectivity index (χ2v) is 7.22. The molecule has 0 radical (unpaired) electrons. The lowest BCUT2D eigenvalue weighted by Crippen LogP contribution is -2.26. The number of nitriles is 1. The molecule has 35 heavy (non-hydrogen) atoms. The van der Waals surface area contributed by atoms with Crippen molar-refractivity contribution in [3.63, 3.8) is 0 Å². The second kappa shape index (κ2) is 11.0. The number of carbonyl (C=O) groups excluding carboxylic acids is 3. The van der Waals surface area contributed by atoms with E-state index in [1.54, 1.807) is 24.3 Å². The van der Waals surface area contributed by atoms with Crippen molar-refractivity contribution in [2.75, 3.05) is 10.6 Å². The molecule has 0 aromatic heterocycles. The first-order valence-electron chi connectivity index (χ1n) is 10.2. The SMILES string of the molecule is N#CCC(=O)Nc1ccc(C(=O)OC(C(=O)Nc2cccc(C(F)(F)F)c2)c2ccccc2)cc1. The van der Waals surface area contributed by atoms with E-state index in [1.165, 1.54) is 42.5 Å². The lowest BCUT2D eigenvalue weighted by Gasteiger charge is -2.19. The Balaban J connectivity index is 1.78. The number of hydrogen-bond acceptors (Lipinski definition) is 5. The topological polar surface area (TPSA) is 108 Å². The normalized spacial score (nSPS) is 11.6. The van der Waals surface area contributed by atoms with Crippen LogP contribution in [0.1, 0.15) is 34.0 Å². The largest absolute Gasteiger partial charge is 0.444 e. The maximum atomic E-state index is 13.0. The van der Waals surface area contributed by atoms with Crippen LogP contribution in [0.5, 0.6) is 0 Å². The summed E-state index contributed by atoms with van der Waals surface area (Å²) < 4.78 is 44.4. The van der Waals surface area contributed by atoms with Crippen LogP contribution in [0.4, 0.5) is 24.5 Å². The van der Waals surface area contributed by atoms with Crippen LogP contribution in [0.2, 0.25) is 0 Å². The van der Waals surface area contributed by atoms with Crippen LogP contribution < -0.4 is 10.6 Å². The summed E-state index contributed by atoms with van der Waals surface area (Å²) in [5, 5.41) is 13.4. The third-order valence-electron chi connectivity index (χ3n) is 4.67. The van der Waals surface area contributed by atoms with Gasteiger partial charge in [-0.15, -0.1) is 0 Å². The maximum Gasteiger partial charge on any atom is 0.416 e. The molecule has 7 nitrogen and oxygen atoms in total. The number of amides is 2. The van der Waals surface area contributed by atoms with Gasteiger partial charge < -0.3 is 15.4 Å². The van der Waals surface area contributed by atoms with E-state index >= 15 is 0 Å². The first-order chi connectivity index (χ1) is 16.7. The third kappa shape index (κ3) is 6.91. The zero-order chi connectivity index (χ0) is 25.4. The number of nitrogens with one attached hydrogen (secondary N) is 2. The molecule has 0 aliphatic heterocycles. The van der Waals surface area contributed by atoms with Gasteiger partial charge in [0.2, 0.25) is 12.0 Å². The standard InChI is InChI=1S/C25H18F3N3O4/c26-25(27,28)18-7-4-8-20(15-18)31-23(33)22(16-5-2-1-3-6-16)35-24(34)17-9-11-19(12-10-17)30-21(32)13-14-29/h1-12,15,22H,13H2,(H,30,32)(H,31,33). The summed E-state index contributed by atoms with van der Waals surface area (Å²) in [4.78, 5) is 37.2. The number of nitrogens with zero attached hydrogens (tertiary/aromatic N) is 1. The van der Waals surface area contributed by atoms with Crippen LogP contribution >= 0.6 is 0 Å². The number of carbonyl (C=O) groups is 3. The van der Waals surface area contributed by atoms with Crippen LogP contribution in [0.15, 0.2) is 78.9 Å². The van der Waals surface area contributed by atoms with E-state index in [-0.39, 0.29) is 17.7 Å². The minimum Gasteiger partial charge on any atom is -0.444 e. The van der Waals surface area contributed by atoms with Crippen molar-refractivity contribution in [2.45, 2.75) is 18.7 Å². The van der Waals surface area contributed by atoms with Crippen molar-refractivity contribution in [2.24, 2.45) is 0 Å². The highest BCUT2D eigenvalue weighted by atomic mass is 19.4. The van der Waals surface area contributed by atoms with E-state index in [9.17, 15) is 27.6 Å². The Hall–Kier alpha value is -4.65. The van der Waals surface area contributed by atoms with Crippen molar-refractivity contribution < 1.29 is 32.3 Å². The molecule has 2 amide bonds. The highest BCUT2D eigenvalue weighted by molar-refractivity contribution is 5.98. The van der Waals surface area contributed by atoms with Crippen LogP contribution in [-0.4, -0.2) is 17.8 Å². The van der Waals surface area contributed by atoms with E-state index < -0.39 is 35.6 Å². The lowest BCUT2D eigenvalue weighted by atomic mass is 10.1. The summed E-state index contributed by atoms with van der Waals surface area (Å²) in [6.07, 6.45) is -6.37. The first-order valence-corrected chi connectivity index (χ1v) is 10.2. The van der Waals surface area contributed by atoms with E-state index in [0.717, 1.165) is 18.2 Å². The fraction of sp³-hybridized carbons (Fsp3) is 0.120. The van der Waals surface area contributed by atoms with Crippen LogP contribution in [0.25, 0.3) is 0 Å². The molecule has 3 rings (SSSR count). The van der Waals surface area contributed by atoms with Gasteiger partial charge in [0.1, 0.15) is 6.42 Å². The molecule has 0 spiro atoms. The maximum absolute atomic E-state index is 13.0. The Morgan fingerprint density at radius 1 is 0.886 bits per heavy atom. The molecular formula is C25H18F3N3O4. The molecule has 0 fully saturated rings. The number of alkyl halides is 3. The van der Waals surface area contributed by atoms with Crippen molar-refractivity contribution >= 4 is 29.2 Å². The molecule has 0 saturated carbocycles. The zero-order valence-electron chi connectivity index (χ0n) is 18.0. The second-order valence-electron chi connectivity index (χ2n) is 7.22. The summed E-state index contributed by atoms with van der Waals surface area (Å²) in [5.74, 6) is -2.23. The molecule has 178 valence electrons. The molecule has 0 heterocycles. The molecule has 1 unspecified atom stereocenters. The Labute approximate surface area is 198 Å². The van der Waals surface area contributed by atoms with Crippen molar-refractivity contribution in [3.05, 3.63) is 95.6 Å². The number of benzene rings is 3. The highest BCUT2D eigenvalue weighted by Gasteiger charge is 2.31. The quantitative estimate of drug-likeness (QED) is 0.457. The molecule has 2 N–H and O–H groups in total. The van der Waals surface area contributed by atoms with E-state index in [2.05, 4.69) is 10.6 Å². The van der Waals surface area contributed by atoms with Crippen LogP contribution in [0, 0.1) is 11.3 Å². The predicted octanol–water partition coefficient (Wildman–Crippen LogP) is 5.09. The monoisotopic (exact) mass is 481 g/mol. The van der Waals surface area contributed by atoms with Gasteiger partial charge in [0.25, 0.3) is 5.91 Å².